The normalized spacial score (nSPS) is 19.3. The van der Waals surface area contributed by atoms with Crippen LogP contribution in [-0.2, 0) is 22.6 Å². The number of hydrogen-bond donors (Lipinski definition) is 1. The van der Waals surface area contributed by atoms with Gasteiger partial charge in [0.05, 0.1) is 41.1 Å². The lowest BCUT2D eigenvalue weighted by Gasteiger charge is -2.43. The molecule has 3 aromatic rings. The van der Waals surface area contributed by atoms with Gasteiger partial charge in [-0.15, -0.1) is 0 Å². The van der Waals surface area contributed by atoms with Gasteiger partial charge in [0.1, 0.15) is 11.6 Å². The number of likely N-dealkylation sites (N-methyl/N-ethyl adjacent to an activating group) is 1. The van der Waals surface area contributed by atoms with Crippen molar-refractivity contribution in [3.05, 3.63) is 76.7 Å². The first-order valence-electron chi connectivity index (χ1n) is 14.9. The van der Waals surface area contributed by atoms with Crippen molar-refractivity contribution in [1.82, 2.24) is 9.88 Å². The molecule has 2 fully saturated rings. The highest BCUT2D eigenvalue weighted by atomic mass is 19.4. The number of aliphatic hydroxyl groups excluding tert-OH is 1. The first kappa shape index (κ1) is 33.6. The molecule has 5 rings (SSSR count). The number of aromatic nitrogens is 1. The topological polar surface area (TPSA) is 59.9 Å². The van der Waals surface area contributed by atoms with Gasteiger partial charge in [-0.25, -0.2) is 9.37 Å². The molecule has 0 aliphatic carbocycles. The van der Waals surface area contributed by atoms with E-state index in [0.29, 0.717) is 47.7 Å². The number of fused-ring (bicyclic) bond motifs is 1. The zero-order valence-electron chi connectivity index (χ0n) is 25.8. The number of pyridine rings is 1. The van der Waals surface area contributed by atoms with Crippen LogP contribution in [0.25, 0.3) is 11.1 Å². The van der Waals surface area contributed by atoms with Gasteiger partial charge in [0.25, 0.3) is 0 Å². The molecule has 0 spiro atoms. The lowest BCUT2D eigenvalue weighted by Crippen LogP contribution is -2.57. The second-order valence-electron chi connectivity index (χ2n) is 12.6. The molecule has 1 amide bonds. The maximum absolute atomic E-state index is 14.1. The number of alkyl halides is 6. The summed E-state index contributed by atoms with van der Waals surface area (Å²) in [4.78, 5) is 24.2. The summed E-state index contributed by atoms with van der Waals surface area (Å²) < 4.78 is 96.0. The predicted octanol–water partition coefficient (Wildman–Crippen LogP) is 6.82. The molecule has 0 bridgehead atoms. The quantitative estimate of drug-likeness (QED) is 0.297. The van der Waals surface area contributed by atoms with E-state index in [4.69, 9.17) is 0 Å². The van der Waals surface area contributed by atoms with Gasteiger partial charge in [-0.3, -0.25) is 9.69 Å². The molecule has 6 nitrogen and oxygen atoms in total. The summed E-state index contributed by atoms with van der Waals surface area (Å²) in [5, 5.41) is 10.1. The second-order valence-corrected chi connectivity index (χ2v) is 12.6. The van der Waals surface area contributed by atoms with Crippen molar-refractivity contribution in [2.75, 3.05) is 43.1 Å². The summed E-state index contributed by atoms with van der Waals surface area (Å²) in [6.45, 7) is 6.24. The molecule has 0 saturated carbocycles. The van der Waals surface area contributed by atoms with E-state index in [1.54, 1.807) is 19.1 Å². The van der Waals surface area contributed by atoms with E-state index in [1.165, 1.54) is 39.2 Å². The van der Waals surface area contributed by atoms with Crippen molar-refractivity contribution in [2.24, 2.45) is 0 Å². The third-order valence-electron chi connectivity index (χ3n) is 9.15. The highest BCUT2D eigenvalue weighted by molar-refractivity contribution is 6.03. The Morgan fingerprint density at radius 2 is 1.59 bits per heavy atom. The van der Waals surface area contributed by atoms with Crippen molar-refractivity contribution >= 4 is 17.4 Å². The average molecular weight is 653 g/mol. The Kier molecular flexibility index (Phi) is 8.88. The number of benzene rings is 2. The highest BCUT2D eigenvalue weighted by Crippen LogP contribution is 2.41. The second kappa shape index (κ2) is 12.1. The minimum Gasteiger partial charge on any atom is -0.395 e. The molecular weight excluding hydrogens is 617 g/mol. The lowest BCUT2D eigenvalue weighted by molar-refractivity contribution is -0.143. The van der Waals surface area contributed by atoms with Gasteiger partial charge in [-0.05, 0) is 93.2 Å². The zero-order valence-corrected chi connectivity index (χ0v) is 25.8. The molecule has 2 atom stereocenters. The number of hydrogen-bond acceptors (Lipinski definition) is 5. The van der Waals surface area contributed by atoms with Gasteiger partial charge >= 0.3 is 12.4 Å². The lowest BCUT2D eigenvalue weighted by atomic mass is 9.81. The molecular formula is C33H35F7N4O2. The van der Waals surface area contributed by atoms with Crippen LogP contribution in [0.4, 0.5) is 42.2 Å². The number of aliphatic hydroxyl groups is 1. The van der Waals surface area contributed by atoms with E-state index in [0.717, 1.165) is 24.3 Å². The van der Waals surface area contributed by atoms with E-state index in [1.807, 2.05) is 4.90 Å². The minimum absolute atomic E-state index is 0.0264. The Bertz CT molecular complexity index is 1590. The van der Waals surface area contributed by atoms with Crippen LogP contribution in [0.5, 0.6) is 0 Å². The van der Waals surface area contributed by atoms with Gasteiger partial charge in [0.2, 0.25) is 5.91 Å². The monoisotopic (exact) mass is 652 g/mol. The van der Waals surface area contributed by atoms with Crippen molar-refractivity contribution in [1.29, 1.82) is 0 Å². The van der Waals surface area contributed by atoms with Crippen molar-refractivity contribution in [3.63, 3.8) is 0 Å². The molecule has 2 aliphatic rings. The van der Waals surface area contributed by atoms with E-state index in [9.17, 15) is 40.6 Å². The maximum Gasteiger partial charge on any atom is 0.416 e. The molecule has 1 aromatic heterocycles. The van der Waals surface area contributed by atoms with Gasteiger partial charge in [-0.2, -0.15) is 26.3 Å². The third-order valence-corrected chi connectivity index (χ3v) is 9.15. The summed E-state index contributed by atoms with van der Waals surface area (Å²) in [5.74, 6) is -0.702. The van der Waals surface area contributed by atoms with E-state index in [-0.39, 0.29) is 30.4 Å². The Balaban J connectivity index is 1.58. The van der Waals surface area contributed by atoms with E-state index < -0.39 is 46.2 Å². The van der Waals surface area contributed by atoms with Crippen molar-refractivity contribution in [2.45, 2.75) is 63.5 Å². The number of carbonyl (C=O) groups excluding carboxylic acids is 1. The smallest absolute Gasteiger partial charge is 0.395 e. The number of piperazine rings is 1. The van der Waals surface area contributed by atoms with Gasteiger partial charge in [0.15, 0.2) is 0 Å². The number of amides is 1. The summed E-state index contributed by atoms with van der Waals surface area (Å²) in [7, 11) is 1.38. The number of halogens is 7. The van der Waals surface area contributed by atoms with Crippen LogP contribution in [0.3, 0.4) is 0 Å². The Morgan fingerprint density at radius 3 is 2.17 bits per heavy atom. The van der Waals surface area contributed by atoms with Crippen LogP contribution >= 0.6 is 0 Å². The van der Waals surface area contributed by atoms with Crippen molar-refractivity contribution in [3.8, 4) is 11.1 Å². The Hall–Kier alpha value is -3.71. The SMILES string of the molecule is Cc1cc(F)ccc1-c1cc(N2C[C@H](CO)N3CCC[C@H]3C2)ncc1N(C)C(=O)C(C)(C)c1cc(C(F)(F)F)cc(C(F)(F)F)c1. The van der Waals surface area contributed by atoms with Crippen LogP contribution in [-0.4, -0.2) is 66.3 Å². The van der Waals surface area contributed by atoms with Crippen LogP contribution in [0.15, 0.2) is 48.7 Å². The fraction of sp³-hybridized carbons (Fsp3) is 0.455. The molecule has 0 radical (unpaired) electrons. The summed E-state index contributed by atoms with van der Waals surface area (Å²) in [6, 6.07) is 7.16. The third kappa shape index (κ3) is 6.44. The molecule has 2 aromatic carbocycles. The van der Waals surface area contributed by atoms with Gasteiger partial charge in [-0.1, -0.05) is 6.07 Å². The molecule has 3 heterocycles. The molecule has 248 valence electrons. The summed E-state index contributed by atoms with van der Waals surface area (Å²) in [6.07, 6.45) is -6.74. The maximum atomic E-state index is 14.1. The first-order chi connectivity index (χ1) is 21.4. The standard InChI is InChI=1S/C33H35F7N4O2/c1-19-10-23(34)7-8-26(19)27-14-29(43-16-24-6-5-9-44(24)25(17-43)18-45)41-15-28(27)42(4)30(46)31(2,3)20-11-21(32(35,36)37)13-22(12-20)33(38,39)40/h7-8,10-15,24-25,45H,5-6,9,16-18H2,1-4H3/t24-,25+/m0/s1. The van der Waals surface area contributed by atoms with Crippen molar-refractivity contribution < 1.29 is 40.6 Å². The van der Waals surface area contributed by atoms with Crippen LogP contribution in [0.1, 0.15) is 48.9 Å². The van der Waals surface area contributed by atoms with Gasteiger partial charge < -0.3 is 14.9 Å². The number of rotatable bonds is 6. The summed E-state index contributed by atoms with van der Waals surface area (Å²) in [5.41, 5.74) is -3.51. The molecule has 0 unspecified atom stereocenters. The number of anilines is 2. The largest absolute Gasteiger partial charge is 0.416 e. The number of carbonyl (C=O) groups is 1. The minimum atomic E-state index is -5.08. The zero-order chi connectivity index (χ0) is 33.8. The predicted molar refractivity (Wildman–Crippen MR) is 160 cm³/mol. The fourth-order valence-corrected chi connectivity index (χ4v) is 6.56. The highest BCUT2D eigenvalue weighted by Gasteiger charge is 2.42. The molecule has 46 heavy (non-hydrogen) atoms. The average Bonchev–Trinajstić information content (AvgIpc) is 3.47. The van der Waals surface area contributed by atoms with E-state index >= 15 is 0 Å². The Labute approximate surface area is 262 Å². The summed E-state index contributed by atoms with van der Waals surface area (Å²) >= 11 is 0. The van der Waals surface area contributed by atoms with Crippen LogP contribution in [0, 0.1) is 12.7 Å². The molecule has 2 aliphatic heterocycles. The number of aryl methyl sites for hydroxylation is 1. The van der Waals surface area contributed by atoms with Gasteiger partial charge in [0, 0.05) is 31.7 Å². The Morgan fingerprint density at radius 1 is 0.957 bits per heavy atom. The molecule has 13 heteroatoms. The number of nitrogens with zero attached hydrogens (tertiary/aromatic N) is 4. The molecule has 2 saturated heterocycles. The fourth-order valence-electron chi connectivity index (χ4n) is 6.56. The first-order valence-corrected chi connectivity index (χ1v) is 14.9. The van der Waals surface area contributed by atoms with Crippen LogP contribution in [0.2, 0.25) is 0 Å². The van der Waals surface area contributed by atoms with E-state index in [2.05, 4.69) is 9.88 Å². The molecule has 1 N–H and O–H groups in total. The van der Waals surface area contributed by atoms with Crippen LogP contribution < -0.4 is 9.80 Å².